The summed E-state index contributed by atoms with van der Waals surface area (Å²) in [4.78, 5) is 21.7. The molecule has 17 heavy (non-hydrogen) atoms. The standard InChI is InChI=1S/C12H15NO3Te/c1-9(14)13-11(12(15)16)7-8-17-10-5-3-2-4-6-10/h2-6,11H,7-8H2,1H3,(H,13,14)(H,15,16). The number of benzene rings is 1. The van der Waals surface area contributed by atoms with Crippen molar-refractivity contribution in [3.05, 3.63) is 30.3 Å². The second kappa shape index (κ2) is 7.31. The van der Waals surface area contributed by atoms with E-state index in [0.717, 1.165) is 4.47 Å². The molecule has 0 aliphatic rings. The van der Waals surface area contributed by atoms with Crippen molar-refractivity contribution in [2.45, 2.75) is 23.9 Å². The van der Waals surface area contributed by atoms with Crippen LogP contribution in [-0.2, 0) is 9.59 Å². The second-order valence-corrected chi connectivity index (χ2v) is 6.88. The quantitative estimate of drug-likeness (QED) is 0.732. The molecule has 0 heterocycles. The van der Waals surface area contributed by atoms with Gasteiger partial charge in [0, 0.05) is 0 Å². The van der Waals surface area contributed by atoms with Crippen LogP contribution in [0.5, 0.6) is 0 Å². The molecule has 2 N–H and O–H groups in total. The van der Waals surface area contributed by atoms with E-state index in [0.29, 0.717) is 6.42 Å². The van der Waals surface area contributed by atoms with Crippen LogP contribution in [0, 0.1) is 0 Å². The Kier molecular flexibility index (Phi) is 6.02. The fourth-order valence-electron chi connectivity index (χ4n) is 1.31. The molecule has 1 aromatic rings. The van der Waals surface area contributed by atoms with Crippen molar-refractivity contribution in [3.8, 4) is 0 Å². The molecule has 1 amide bonds. The summed E-state index contributed by atoms with van der Waals surface area (Å²) in [5, 5.41) is 11.4. The Morgan fingerprint density at radius 2 is 2.00 bits per heavy atom. The molecule has 5 heteroatoms. The molecule has 1 aromatic carbocycles. The van der Waals surface area contributed by atoms with E-state index in [2.05, 4.69) is 17.4 Å². The molecule has 4 nitrogen and oxygen atoms in total. The predicted molar refractivity (Wildman–Crippen MR) is 66.5 cm³/mol. The maximum atomic E-state index is 10.9. The molecule has 0 fully saturated rings. The van der Waals surface area contributed by atoms with Crippen molar-refractivity contribution < 1.29 is 14.7 Å². The van der Waals surface area contributed by atoms with Crippen LogP contribution in [0.3, 0.4) is 0 Å². The third-order valence-corrected chi connectivity index (χ3v) is 5.08. The van der Waals surface area contributed by atoms with E-state index in [-0.39, 0.29) is 26.8 Å². The molecule has 1 unspecified atom stereocenters. The number of aliphatic carboxylic acids is 1. The molecular weight excluding hydrogens is 334 g/mol. The Morgan fingerprint density at radius 3 is 2.53 bits per heavy atom. The minimum atomic E-state index is -0.958. The van der Waals surface area contributed by atoms with Crippen LogP contribution in [0.25, 0.3) is 0 Å². The molecule has 92 valence electrons. The molecular formula is C12H15NO3Te. The first-order valence-electron chi connectivity index (χ1n) is 5.27. The number of carboxylic acids is 1. The third-order valence-electron chi connectivity index (χ3n) is 2.09. The van der Waals surface area contributed by atoms with Gasteiger partial charge in [-0.2, -0.15) is 0 Å². The van der Waals surface area contributed by atoms with Crippen LogP contribution in [-0.4, -0.2) is 43.9 Å². The van der Waals surface area contributed by atoms with Gasteiger partial charge in [0.1, 0.15) is 0 Å². The molecule has 0 aromatic heterocycles. The number of carboxylic acid groups (broad SMARTS) is 1. The van der Waals surface area contributed by atoms with Gasteiger partial charge in [-0.15, -0.1) is 0 Å². The summed E-state index contributed by atoms with van der Waals surface area (Å²) in [6, 6.07) is 9.33. The number of carbonyl (C=O) groups is 2. The number of rotatable bonds is 6. The molecule has 0 saturated carbocycles. The zero-order chi connectivity index (χ0) is 12.7. The number of amides is 1. The molecule has 1 rings (SSSR count). The maximum absolute atomic E-state index is 10.9. The first kappa shape index (κ1) is 14.0. The van der Waals surface area contributed by atoms with Gasteiger partial charge in [0.15, 0.2) is 0 Å². The average Bonchev–Trinajstić information content (AvgIpc) is 2.28. The van der Waals surface area contributed by atoms with Gasteiger partial charge < -0.3 is 0 Å². The van der Waals surface area contributed by atoms with E-state index in [1.54, 1.807) is 0 Å². The molecule has 0 radical (unpaired) electrons. The molecule has 0 aliphatic carbocycles. The van der Waals surface area contributed by atoms with E-state index in [1.165, 1.54) is 10.5 Å². The Morgan fingerprint density at radius 1 is 1.35 bits per heavy atom. The van der Waals surface area contributed by atoms with E-state index < -0.39 is 12.0 Å². The van der Waals surface area contributed by atoms with Gasteiger partial charge in [-0.05, 0) is 0 Å². The number of hydrogen-bond acceptors (Lipinski definition) is 2. The summed E-state index contributed by atoms with van der Waals surface area (Å²) in [5.41, 5.74) is 0. The van der Waals surface area contributed by atoms with Crippen LogP contribution >= 0.6 is 0 Å². The molecule has 0 bridgehead atoms. The predicted octanol–water partition coefficient (Wildman–Crippen LogP) is 0.414. The number of carbonyl (C=O) groups excluding carboxylic acids is 1. The Hall–Kier alpha value is -1.05. The van der Waals surface area contributed by atoms with Crippen molar-refractivity contribution in [1.29, 1.82) is 0 Å². The summed E-state index contributed by atoms with van der Waals surface area (Å²) in [6.07, 6.45) is 0.506. The Balaban J connectivity index is 2.37. The fraction of sp³-hybridized carbons (Fsp3) is 0.333. The summed E-state index contributed by atoms with van der Waals surface area (Å²) in [6.45, 7) is 1.34. The van der Waals surface area contributed by atoms with Crippen LogP contribution in [0.2, 0.25) is 4.47 Å². The summed E-state index contributed by atoms with van der Waals surface area (Å²) < 4.78 is 2.18. The monoisotopic (exact) mass is 351 g/mol. The van der Waals surface area contributed by atoms with Crippen molar-refractivity contribution >= 4 is 36.4 Å². The van der Waals surface area contributed by atoms with Crippen LogP contribution < -0.4 is 8.93 Å². The van der Waals surface area contributed by atoms with Gasteiger partial charge in [-0.25, -0.2) is 0 Å². The van der Waals surface area contributed by atoms with Crippen molar-refractivity contribution in [3.63, 3.8) is 0 Å². The van der Waals surface area contributed by atoms with Crippen molar-refractivity contribution in [2.24, 2.45) is 0 Å². The Labute approximate surface area is 110 Å². The first-order chi connectivity index (χ1) is 8.09. The molecule has 0 saturated heterocycles. The van der Waals surface area contributed by atoms with Gasteiger partial charge in [0.05, 0.1) is 0 Å². The van der Waals surface area contributed by atoms with Gasteiger partial charge >= 0.3 is 111 Å². The molecule has 0 aliphatic heterocycles. The Bertz CT molecular complexity index is 381. The van der Waals surface area contributed by atoms with Gasteiger partial charge in [-0.3, -0.25) is 0 Å². The van der Waals surface area contributed by atoms with Crippen LogP contribution in [0.1, 0.15) is 13.3 Å². The summed E-state index contributed by atoms with van der Waals surface area (Å²) >= 11 is -0.354. The van der Waals surface area contributed by atoms with Crippen molar-refractivity contribution in [2.75, 3.05) is 0 Å². The molecule has 1 atom stereocenters. The van der Waals surface area contributed by atoms with Crippen LogP contribution in [0.4, 0.5) is 0 Å². The van der Waals surface area contributed by atoms with E-state index in [4.69, 9.17) is 5.11 Å². The first-order valence-corrected chi connectivity index (χ1v) is 8.08. The average molecular weight is 349 g/mol. The van der Waals surface area contributed by atoms with E-state index >= 15 is 0 Å². The SMILES string of the molecule is CC(=O)NC(CC[Te]c1ccccc1)C(=O)O. The number of hydrogen-bond donors (Lipinski definition) is 2. The van der Waals surface area contributed by atoms with Gasteiger partial charge in [-0.1, -0.05) is 0 Å². The summed E-state index contributed by atoms with van der Waals surface area (Å²) in [7, 11) is 0. The van der Waals surface area contributed by atoms with Crippen molar-refractivity contribution in [1.82, 2.24) is 5.32 Å². The summed E-state index contributed by atoms with van der Waals surface area (Å²) in [5.74, 6) is -1.25. The van der Waals surface area contributed by atoms with Gasteiger partial charge in [0.25, 0.3) is 0 Å². The fourth-order valence-corrected chi connectivity index (χ4v) is 3.99. The van der Waals surface area contributed by atoms with Gasteiger partial charge in [0.2, 0.25) is 0 Å². The zero-order valence-electron chi connectivity index (χ0n) is 9.55. The topological polar surface area (TPSA) is 66.4 Å². The number of nitrogens with one attached hydrogen (secondary N) is 1. The second-order valence-electron chi connectivity index (χ2n) is 3.54. The van der Waals surface area contributed by atoms with E-state index in [9.17, 15) is 9.59 Å². The minimum absolute atomic E-state index is 0.294. The molecule has 0 spiro atoms. The zero-order valence-corrected chi connectivity index (χ0v) is 11.9. The third kappa shape index (κ3) is 5.71. The normalized spacial score (nSPS) is 11.8. The van der Waals surface area contributed by atoms with Crippen LogP contribution in [0.15, 0.2) is 30.3 Å². The van der Waals surface area contributed by atoms with E-state index in [1.807, 2.05) is 18.2 Å².